The molecule has 0 aromatic rings. The van der Waals surface area contributed by atoms with Crippen molar-refractivity contribution in [1.29, 1.82) is 0 Å². The minimum absolute atomic E-state index is 0.0445. The zero-order valence-electron chi connectivity index (χ0n) is 12.1. The Bertz CT molecular complexity index is 279. The summed E-state index contributed by atoms with van der Waals surface area (Å²) in [7, 11) is 1.75. The maximum atomic E-state index is 12.1. The number of hydrogen-bond donors (Lipinski definition) is 3. The number of nitrogens with two attached hydrogens (primary N) is 1. The molecule has 0 saturated heterocycles. The number of primary amides is 1. The van der Waals surface area contributed by atoms with Gasteiger partial charge in [0.1, 0.15) is 6.04 Å². The normalized spacial score (nSPS) is 16.1. The molecule has 3 atom stereocenters. The van der Waals surface area contributed by atoms with E-state index >= 15 is 0 Å². The Balaban J connectivity index is 4.61. The molecule has 18 heavy (non-hydrogen) atoms. The van der Waals surface area contributed by atoms with E-state index in [2.05, 4.69) is 24.5 Å². The minimum atomic E-state index is -0.592. The first-order valence-electron chi connectivity index (χ1n) is 6.60. The second kappa shape index (κ2) is 8.08. The van der Waals surface area contributed by atoms with Gasteiger partial charge in [-0.1, -0.05) is 34.1 Å². The molecule has 0 fully saturated rings. The maximum Gasteiger partial charge on any atom is 0.240 e. The van der Waals surface area contributed by atoms with Gasteiger partial charge in [-0.25, -0.2) is 0 Å². The molecule has 4 N–H and O–H groups in total. The minimum Gasteiger partial charge on any atom is -0.368 e. The van der Waals surface area contributed by atoms with E-state index in [0.29, 0.717) is 5.92 Å². The van der Waals surface area contributed by atoms with E-state index in [0.717, 1.165) is 12.8 Å². The van der Waals surface area contributed by atoms with Crippen LogP contribution >= 0.6 is 0 Å². The Morgan fingerprint density at radius 2 is 1.78 bits per heavy atom. The third-order valence-corrected chi connectivity index (χ3v) is 3.19. The molecule has 0 aliphatic heterocycles. The third-order valence-electron chi connectivity index (χ3n) is 3.19. The molecule has 0 spiro atoms. The van der Waals surface area contributed by atoms with Crippen LogP contribution in [0.3, 0.4) is 0 Å². The van der Waals surface area contributed by atoms with Crippen LogP contribution < -0.4 is 16.4 Å². The Labute approximate surface area is 110 Å². The van der Waals surface area contributed by atoms with Crippen LogP contribution in [0.4, 0.5) is 0 Å². The van der Waals surface area contributed by atoms with Gasteiger partial charge in [0, 0.05) is 0 Å². The fraction of sp³-hybridized carbons (Fsp3) is 0.846. The van der Waals surface area contributed by atoms with Gasteiger partial charge in [-0.05, 0) is 25.3 Å². The first-order valence-corrected chi connectivity index (χ1v) is 6.60. The van der Waals surface area contributed by atoms with Crippen LogP contribution in [-0.4, -0.2) is 30.9 Å². The summed E-state index contributed by atoms with van der Waals surface area (Å²) in [6, 6.07) is -0.874. The van der Waals surface area contributed by atoms with E-state index in [9.17, 15) is 9.59 Å². The average molecular weight is 257 g/mol. The van der Waals surface area contributed by atoms with Gasteiger partial charge in [-0.15, -0.1) is 0 Å². The molecule has 0 aliphatic rings. The van der Waals surface area contributed by atoms with Crippen molar-refractivity contribution in [2.75, 3.05) is 7.05 Å². The van der Waals surface area contributed by atoms with Crippen molar-refractivity contribution in [3.8, 4) is 0 Å². The number of carbonyl (C=O) groups excluding carboxylic acids is 2. The average Bonchev–Trinajstić information content (AvgIpc) is 2.30. The molecule has 0 radical (unpaired) electrons. The SMILES string of the molecule is CCC(C)C(NC(=O)C(CC(C)C)NC)C(N)=O. The van der Waals surface area contributed by atoms with Crippen LogP contribution in [0.1, 0.15) is 40.5 Å². The van der Waals surface area contributed by atoms with Crippen molar-refractivity contribution in [1.82, 2.24) is 10.6 Å². The van der Waals surface area contributed by atoms with Gasteiger partial charge in [-0.2, -0.15) is 0 Å². The number of rotatable bonds is 8. The van der Waals surface area contributed by atoms with Gasteiger partial charge in [0.15, 0.2) is 0 Å². The van der Waals surface area contributed by atoms with Crippen molar-refractivity contribution < 1.29 is 9.59 Å². The Morgan fingerprint density at radius 3 is 2.11 bits per heavy atom. The smallest absolute Gasteiger partial charge is 0.240 e. The van der Waals surface area contributed by atoms with Gasteiger partial charge in [0.2, 0.25) is 11.8 Å². The van der Waals surface area contributed by atoms with Crippen LogP contribution in [0.15, 0.2) is 0 Å². The van der Waals surface area contributed by atoms with Crippen molar-refractivity contribution in [2.45, 2.75) is 52.6 Å². The summed E-state index contributed by atoms with van der Waals surface area (Å²) in [5.74, 6) is -0.181. The van der Waals surface area contributed by atoms with E-state index in [1.54, 1.807) is 7.05 Å². The number of amides is 2. The monoisotopic (exact) mass is 257 g/mol. The standard InChI is InChI=1S/C13H27N3O2/c1-6-9(4)11(12(14)17)16-13(18)10(15-5)7-8(2)3/h8-11,15H,6-7H2,1-5H3,(H2,14,17)(H,16,18). The molecule has 0 rings (SSSR count). The molecular weight excluding hydrogens is 230 g/mol. The van der Waals surface area contributed by atoms with Crippen molar-refractivity contribution in [3.05, 3.63) is 0 Å². The Hall–Kier alpha value is -1.10. The van der Waals surface area contributed by atoms with Gasteiger partial charge in [0.05, 0.1) is 6.04 Å². The summed E-state index contributed by atoms with van der Waals surface area (Å²) in [4.78, 5) is 23.4. The molecule has 5 nitrogen and oxygen atoms in total. The maximum absolute atomic E-state index is 12.1. The lowest BCUT2D eigenvalue weighted by Gasteiger charge is -2.25. The van der Waals surface area contributed by atoms with E-state index < -0.39 is 11.9 Å². The van der Waals surface area contributed by atoms with Crippen LogP contribution in [0, 0.1) is 11.8 Å². The van der Waals surface area contributed by atoms with Crippen molar-refractivity contribution >= 4 is 11.8 Å². The summed E-state index contributed by atoms with van der Waals surface area (Å²) in [5.41, 5.74) is 5.33. The molecule has 0 aliphatic carbocycles. The molecule has 0 aromatic carbocycles. The fourth-order valence-corrected chi connectivity index (χ4v) is 1.81. The number of carbonyl (C=O) groups is 2. The molecule has 0 aromatic heterocycles. The molecule has 0 heterocycles. The molecule has 3 unspecified atom stereocenters. The quantitative estimate of drug-likeness (QED) is 0.596. The Morgan fingerprint density at radius 1 is 1.22 bits per heavy atom. The molecule has 0 bridgehead atoms. The summed E-state index contributed by atoms with van der Waals surface area (Å²) in [6.07, 6.45) is 1.52. The lowest BCUT2D eigenvalue weighted by atomic mass is 9.97. The summed E-state index contributed by atoms with van der Waals surface area (Å²) >= 11 is 0. The number of likely N-dealkylation sites (N-methyl/N-ethyl adjacent to an activating group) is 1. The third kappa shape index (κ3) is 5.49. The summed E-state index contributed by atoms with van der Waals surface area (Å²) < 4.78 is 0. The van der Waals surface area contributed by atoms with Gasteiger partial charge >= 0.3 is 0 Å². The highest BCUT2D eigenvalue weighted by molar-refractivity contribution is 5.89. The highest BCUT2D eigenvalue weighted by Gasteiger charge is 2.27. The van der Waals surface area contributed by atoms with E-state index in [-0.39, 0.29) is 17.9 Å². The summed E-state index contributed by atoms with van der Waals surface area (Å²) in [5, 5.41) is 5.72. The molecule has 0 saturated carbocycles. The first kappa shape index (κ1) is 16.9. The zero-order valence-corrected chi connectivity index (χ0v) is 12.1. The van der Waals surface area contributed by atoms with Crippen LogP contribution in [0.25, 0.3) is 0 Å². The first-order chi connectivity index (χ1) is 8.33. The number of hydrogen-bond acceptors (Lipinski definition) is 3. The van der Waals surface area contributed by atoms with Crippen molar-refractivity contribution in [2.24, 2.45) is 17.6 Å². The predicted octanol–water partition coefficient (Wildman–Crippen LogP) is 0.637. The van der Waals surface area contributed by atoms with Crippen molar-refractivity contribution in [3.63, 3.8) is 0 Å². The largest absolute Gasteiger partial charge is 0.368 e. The van der Waals surface area contributed by atoms with E-state index in [1.165, 1.54) is 0 Å². The van der Waals surface area contributed by atoms with Gasteiger partial charge in [0.25, 0.3) is 0 Å². The van der Waals surface area contributed by atoms with Gasteiger partial charge < -0.3 is 16.4 Å². The van der Waals surface area contributed by atoms with Crippen LogP contribution in [0.5, 0.6) is 0 Å². The van der Waals surface area contributed by atoms with Gasteiger partial charge in [-0.3, -0.25) is 9.59 Å². The second-order valence-corrected chi connectivity index (χ2v) is 5.24. The topological polar surface area (TPSA) is 84.2 Å². The summed E-state index contributed by atoms with van der Waals surface area (Å²) in [6.45, 7) is 7.98. The highest BCUT2D eigenvalue weighted by Crippen LogP contribution is 2.09. The highest BCUT2D eigenvalue weighted by atomic mass is 16.2. The molecule has 106 valence electrons. The zero-order chi connectivity index (χ0) is 14.3. The van der Waals surface area contributed by atoms with Crippen LogP contribution in [0.2, 0.25) is 0 Å². The molecular formula is C13H27N3O2. The molecule has 2 amide bonds. The van der Waals surface area contributed by atoms with E-state index in [1.807, 2.05) is 13.8 Å². The Kier molecular flexibility index (Phi) is 7.59. The lowest BCUT2D eigenvalue weighted by Crippen LogP contribution is -2.53. The second-order valence-electron chi connectivity index (χ2n) is 5.24. The molecule has 5 heteroatoms. The predicted molar refractivity (Wildman–Crippen MR) is 72.9 cm³/mol. The fourth-order valence-electron chi connectivity index (χ4n) is 1.81. The number of nitrogens with one attached hydrogen (secondary N) is 2. The van der Waals surface area contributed by atoms with Crippen LogP contribution in [-0.2, 0) is 9.59 Å². The lowest BCUT2D eigenvalue weighted by molar-refractivity contribution is -0.129. The van der Waals surface area contributed by atoms with E-state index in [4.69, 9.17) is 5.73 Å².